The van der Waals surface area contributed by atoms with Gasteiger partial charge in [0.1, 0.15) is 5.82 Å². The van der Waals surface area contributed by atoms with Crippen LogP contribution in [0.3, 0.4) is 0 Å². The molecular formula is C13H16N4. The first-order valence-electron chi connectivity index (χ1n) is 5.96. The molecule has 1 aromatic heterocycles. The van der Waals surface area contributed by atoms with E-state index in [1.54, 1.807) is 0 Å². The van der Waals surface area contributed by atoms with E-state index in [2.05, 4.69) is 40.0 Å². The maximum absolute atomic E-state index is 4.42. The third-order valence-electron chi connectivity index (χ3n) is 3.14. The Labute approximate surface area is 101 Å². The van der Waals surface area contributed by atoms with Gasteiger partial charge in [-0.2, -0.15) is 5.10 Å². The fraction of sp³-hybridized carbons (Fsp3) is 0.308. The largest absolute Gasteiger partial charge is 0.388 e. The molecule has 3 rings (SSSR count). The summed E-state index contributed by atoms with van der Waals surface area (Å²) < 4.78 is 2.05. The summed E-state index contributed by atoms with van der Waals surface area (Å²) in [4.78, 5) is 0. The molecule has 2 N–H and O–H groups in total. The number of aromatic nitrogens is 2. The number of nitrogens with one attached hydrogen (secondary N) is 2. The summed E-state index contributed by atoms with van der Waals surface area (Å²) in [6.45, 7) is 2.04. The summed E-state index contributed by atoms with van der Waals surface area (Å²) in [6.07, 6.45) is 3.09. The van der Waals surface area contributed by atoms with Crippen molar-refractivity contribution in [1.82, 2.24) is 9.78 Å². The average Bonchev–Trinajstić information content (AvgIpc) is 2.82. The van der Waals surface area contributed by atoms with Crippen LogP contribution >= 0.6 is 0 Å². The molecule has 0 amide bonds. The van der Waals surface area contributed by atoms with E-state index in [-0.39, 0.29) is 0 Å². The molecule has 1 aliphatic heterocycles. The van der Waals surface area contributed by atoms with Crippen LogP contribution in [0.15, 0.2) is 30.5 Å². The summed E-state index contributed by atoms with van der Waals surface area (Å²) in [5.41, 5.74) is 3.51. The van der Waals surface area contributed by atoms with Crippen LogP contribution in [0.4, 0.5) is 11.5 Å². The molecule has 0 unspecified atom stereocenters. The van der Waals surface area contributed by atoms with Crippen LogP contribution in [-0.4, -0.2) is 23.4 Å². The lowest BCUT2D eigenvalue weighted by Gasteiger charge is -2.17. The Balaban J connectivity index is 2.05. The van der Waals surface area contributed by atoms with Gasteiger partial charge in [0.15, 0.2) is 0 Å². The molecule has 0 radical (unpaired) electrons. The molecule has 4 nitrogen and oxygen atoms in total. The summed E-state index contributed by atoms with van der Waals surface area (Å²) in [7, 11) is 1.94. The summed E-state index contributed by atoms with van der Waals surface area (Å²) in [5, 5.41) is 11.0. The van der Waals surface area contributed by atoms with Crippen LogP contribution in [0, 0.1) is 0 Å². The summed E-state index contributed by atoms with van der Waals surface area (Å²) in [5.74, 6) is 1.14. The van der Waals surface area contributed by atoms with Gasteiger partial charge < -0.3 is 10.6 Å². The zero-order valence-corrected chi connectivity index (χ0v) is 9.90. The van der Waals surface area contributed by atoms with Gasteiger partial charge in [0.05, 0.1) is 6.20 Å². The highest BCUT2D eigenvalue weighted by molar-refractivity contribution is 5.77. The van der Waals surface area contributed by atoms with Gasteiger partial charge >= 0.3 is 0 Å². The minimum Gasteiger partial charge on any atom is -0.388 e. The Kier molecular flexibility index (Phi) is 2.48. The van der Waals surface area contributed by atoms with Crippen molar-refractivity contribution in [2.45, 2.75) is 13.0 Å². The van der Waals surface area contributed by atoms with Gasteiger partial charge in [0.25, 0.3) is 0 Å². The van der Waals surface area contributed by atoms with Crippen LogP contribution in [0.2, 0.25) is 0 Å². The maximum Gasteiger partial charge on any atom is 0.132 e. The van der Waals surface area contributed by atoms with E-state index in [4.69, 9.17) is 0 Å². The topological polar surface area (TPSA) is 41.9 Å². The maximum atomic E-state index is 4.42. The first kappa shape index (κ1) is 10.2. The third kappa shape index (κ3) is 1.75. The highest BCUT2D eigenvalue weighted by atomic mass is 15.3. The minimum absolute atomic E-state index is 1.01. The Morgan fingerprint density at radius 3 is 3.24 bits per heavy atom. The van der Waals surface area contributed by atoms with Crippen molar-refractivity contribution >= 4 is 11.5 Å². The van der Waals surface area contributed by atoms with Crippen LogP contribution < -0.4 is 10.6 Å². The first-order chi connectivity index (χ1) is 8.38. The monoisotopic (exact) mass is 228 g/mol. The zero-order valence-electron chi connectivity index (χ0n) is 9.90. The van der Waals surface area contributed by atoms with Crippen molar-refractivity contribution in [1.29, 1.82) is 0 Å². The van der Waals surface area contributed by atoms with Crippen molar-refractivity contribution in [2.24, 2.45) is 0 Å². The molecule has 4 heteroatoms. The van der Waals surface area contributed by atoms with Crippen molar-refractivity contribution in [2.75, 3.05) is 24.2 Å². The number of fused-ring (bicyclic) bond motifs is 1. The third-order valence-corrected chi connectivity index (χ3v) is 3.14. The molecule has 2 heterocycles. The normalized spacial score (nSPS) is 13.9. The highest BCUT2D eigenvalue weighted by Crippen LogP contribution is 2.30. The number of anilines is 2. The van der Waals surface area contributed by atoms with E-state index in [0.29, 0.717) is 0 Å². The molecule has 0 spiro atoms. The minimum atomic E-state index is 1.01. The van der Waals surface area contributed by atoms with Gasteiger partial charge in [-0.05, 0) is 24.1 Å². The van der Waals surface area contributed by atoms with Crippen LogP contribution in [0.1, 0.15) is 6.42 Å². The van der Waals surface area contributed by atoms with Crippen LogP contribution in [0.5, 0.6) is 0 Å². The summed E-state index contributed by atoms with van der Waals surface area (Å²) in [6, 6.07) is 8.39. The van der Waals surface area contributed by atoms with E-state index in [0.717, 1.165) is 31.0 Å². The number of rotatable bonds is 2. The number of nitrogens with zero attached hydrogens (tertiary/aromatic N) is 2. The van der Waals surface area contributed by atoms with E-state index in [9.17, 15) is 0 Å². The molecule has 1 aromatic carbocycles. The molecule has 2 aromatic rings. The predicted molar refractivity (Wildman–Crippen MR) is 70.3 cm³/mol. The first-order valence-corrected chi connectivity index (χ1v) is 5.96. The molecule has 0 bridgehead atoms. The van der Waals surface area contributed by atoms with Gasteiger partial charge in [-0.3, -0.25) is 0 Å². The van der Waals surface area contributed by atoms with E-state index < -0.39 is 0 Å². The van der Waals surface area contributed by atoms with Gasteiger partial charge in [-0.15, -0.1) is 0 Å². The van der Waals surface area contributed by atoms with Crippen molar-refractivity contribution in [3.8, 4) is 11.1 Å². The average molecular weight is 228 g/mol. The van der Waals surface area contributed by atoms with Gasteiger partial charge in [0, 0.05) is 31.4 Å². The van der Waals surface area contributed by atoms with E-state index >= 15 is 0 Å². The molecule has 17 heavy (non-hydrogen) atoms. The standard InChI is InChI=1S/C13H16N4/c1-14-11-5-2-4-10(8-11)12-9-16-17-7-3-6-15-13(12)17/h2,4-5,8-9,14-15H,3,6-7H2,1H3. The smallest absolute Gasteiger partial charge is 0.132 e. The Morgan fingerprint density at radius 2 is 2.35 bits per heavy atom. The van der Waals surface area contributed by atoms with Crippen molar-refractivity contribution < 1.29 is 0 Å². The molecule has 1 aliphatic rings. The lowest BCUT2D eigenvalue weighted by molar-refractivity contribution is 0.568. The van der Waals surface area contributed by atoms with Gasteiger partial charge in [-0.1, -0.05) is 12.1 Å². The van der Waals surface area contributed by atoms with Gasteiger partial charge in [0.2, 0.25) is 0 Å². The number of hydrogen-bond donors (Lipinski definition) is 2. The lowest BCUT2D eigenvalue weighted by atomic mass is 10.1. The van der Waals surface area contributed by atoms with Crippen LogP contribution in [0.25, 0.3) is 11.1 Å². The molecule has 0 saturated heterocycles. The fourth-order valence-electron chi connectivity index (χ4n) is 2.23. The van der Waals surface area contributed by atoms with E-state index in [1.807, 2.05) is 17.9 Å². The fourth-order valence-corrected chi connectivity index (χ4v) is 2.23. The number of aryl methyl sites for hydroxylation is 1. The summed E-state index contributed by atoms with van der Waals surface area (Å²) >= 11 is 0. The van der Waals surface area contributed by atoms with Crippen molar-refractivity contribution in [3.63, 3.8) is 0 Å². The Bertz CT molecular complexity index is 530. The second kappa shape index (κ2) is 4.13. The van der Waals surface area contributed by atoms with Crippen LogP contribution in [-0.2, 0) is 6.54 Å². The lowest BCUT2D eigenvalue weighted by Crippen LogP contribution is -2.17. The molecular weight excluding hydrogens is 212 g/mol. The van der Waals surface area contributed by atoms with Crippen molar-refractivity contribution in [3.05, 3.63) is 30.5 Å². The second-order valence-corrected chi connectivity index (χ2v) is 4.24. The molecule has 0 atom stereocenters. The number of benzene rings is 1. The zero-order chi connectivity index (χ0) is 11.7. The quantitative estimate of drug-likeness (QED) is 0.829. The SMILES string of the molecule is CNc1cccc(-c2cnn3c2NCCC3)c1. The Hall–Kier alpha value is -1.97. The molecule has 88 valence electrons. The molecule has 0 aliphatic carbocycles. The molecule has 0 fully saturated rings. The van der Waals surface area contributed by atoms with Gasteiger partial charge in [-0.25, -0.2) is 4.68 Å². The highest BCUT2D eigenvalue weighted by Gasteiger charge is 2.15. The number of hydrogen-bond acceptors (Lipinski definition) is 3. The molecule has 0 saturated carbocycles. The Morgan fingerprint density at radius 1 is 1.41 bits per heavy atom. The van der Waals surface area contributed by atoms with E-state index in [1.165, 1.54) is 11.1 Å². The second-order valence-electron chi connectivity index (χ2n) is 4.24. The predicted octanol–water partition coefficient (Wildman–Crippen LogP) is 2.41.